The summed E-state index contributed by atoms with van der Waals surface area (Å²) in [5.41, 5.74) is -0.600. The van der Waals surface area contributed by atoms with E-state index in [2.05, 4.69) is 10.6 Å². The van der Waals surface area contributed by atoms with Crippen molar-refractivity contribution in [1.82, 2.24) is 10.6 Å². The molecule has 0 aliphatic heterocycles. The molecule has 0 aromatic rings. The summed E-state index contributed by atoms with van der Waals surface area (Å²) in [5.74, 6) is -0.366. The van der Waals surface area contributed by atoms with E-state index < -0.39 is 11.7 Å². The molecule has 0 fully saturated rings. The van der Waals surface area contributed by atoms with Gasteiger partial charge in [0.05, 0.1) is 5.37 Å². The number of thioether (sulfide) groups is 1. The molecule has 6 nitrogen and oxygen atoms in total. The van der Waals surface area contributed by atoms with Crippen LogP contribution in [0, 0.1) is 0 Å². The molecule has 0 heterocycles. The number of rotatable bonds is 5. The van der Waals surface area contributed by atoms with Gasteiger partial charge in [-0.2, -0.15) is 0 Å². The average Bonchev–Trinajstić information content (AvgIpc) is 2.23. The smallest absolute Gasteiger partial charge is 0.408 e. The van der Waals surface area contributed by atoms with Crippen molar-refractivity contribution < 1.29 is 19.1 Å². The maximum absolute atomic E-state index is 11.5. The molecule has 0 aromatic carbocycles. The van der Waals surface area contributed by atoms with E-state index in [0.29, 0.717) is 6.42 Å². The molecule has 7 heteroatoms. The Morgan fingerprint density at radius 1 is 1.26 bits per heavy atom. The molecular weight excluding hydrogens is 268 g/mol. The van der Waals surface area contributed by atoms with Crippen LogP contribution in [-0.2, 0) is 14.3 Å². The van der Waals surface area contributed by atoms with Crippen molar-refractivity contribution in [3.05, 3.63) is 0 Å². The van der Waals surface area contributed by atoms with E-state index in [1.807, 2.05) is 0 Å². The number of nitrogens with one attached hydrogen (secondary N) is 2. The van der Waals surface area contributed by atoms with Crippen molar-refractivity contribution in [2.45, 2.75) is 52.0 Å². The lowest BCUT2D eigenvalue weighted by atomic mass is 10.2. The Kier molecular flexibility index (Phi) is 7.51. The van der Waals surface area contributed by atoms with Crippen LogP contribution in [0.3, 0.4) is 0 Å². The first-order chi connectivity index (χ1) is 8.64. The second kappa shape index (κ2) is 8.04. The first-order valence-corrected chi connectivity index (χ1v) is 6.97. The van der Waals surface area contributed by atoms with Crippen molar-refractivity contribution in [1.29, 1.82) is 0 Å². The highest BCUT2D eigenvalue weighted by molar-refractivity contribution is 8.14. The summed E-state index contributed by atoms with van der Waals surface area (Å²) in [4.78, 5) is 33.9. The van der Waals surface area contributed by atoms with E-state index in [4.69, 9.17) is 4.74 Å². The third kappa shape index (κ3) is 10.4. The fraction of sp³-hybridized carbons (Fsp3) is 0.750. The zero-order chi connectivity index (χ0) is 15.1. The molecule has 2 amide bonds. The number of ether oxygens (including phenoxy) is 1. The molecule has 0 aromatic heterocycles. The number of carbonyl (C=O) groups excluding carboxylic acids is 3. The Hall–Kier alpha value is -1.24. The van der Waals surface area contributed by atoms with Crippen LogP contribution < -0.4 is 10.6 Å². The first kappa shape index (κ1) is 17.8. The van der Waals surface area contributed by atoms with Gasteiger partial charge in [0.25, 0.3) is 0 Å². The molecule has 2 N–H and O–H groups in total. The van der Waals surface area contributed by atoms with Gasteiger partial charge in [-0.15, -0.1) is 0 Å². The second-order valence-corrected chi connectivity index (χ2v) is 6.31. The topological polar surface area (TPSA) is 84.5 Å². The summed E-state index contributed by atoms with van der Waals surface area (Å²) >= 11 is 1.06. The molecule has 0 saturated heterocycles. The van der Waals surface area contributed by atoms with E-state index in [9.17, 15) is 14.4 Å². The molecule has 1 atom stereocenters. The summed E-state index contributed by atoms with van der Waals surface area (Å²) in [6.45, 7) is 8.50. The Morgan fingerprint density at radius 3 is 2.32 bits per heavy atom. The molecule has 0 radical (unpaired) electrons. The zero-order valence-corrected chi connectivity index (χ0v) is 12.8. The third-order valence-corrected chi connectivity index (χ3v) is 2.78. The normalized spacial score (nSPS) is 12.5. The molecule has 0 bridgehead atoms. The zero-order valence-electron chi connectivity index (χ0n) is 12.0. The Bertz CT molecular complexity index is 339. The van der Waals surface area contributed by atoms with Crippen LogP contribution in [-0.4, -0.2) is 34.6 Å². The quantitative estimate of drug-likeness (QED) is 0.752. The average molecular weight is 290 g/mol. The van der Waals surface area contributed by atoms with Gasteiger partial charge in [-0.25, -0.2) is 4.79 Å². The highest BCUT2D eigenvalue weighted by atomic mass is 32.2. The number of amides is 2. The maximum atomic E-state index is 11.5. The minimum Gasteiger partial charge on any atom is -0.444 e. The van der Waals surface area contributed by atoms with Crippen molar-refractivity contribution >= 4 is 28.9 Å². The van der Waals surface area contributed by atoms with Gasteiger partial charge in [-0.05, 0) is 27.7 Å². The summed E-state index contributed by atoms with van der Waals surface area (Å²) in [5, 5.41) is 4.63. The number of hydrogen-bond donors (Lipinski definition) is 2. The van der Waals surface area contributed by atoms with Gasteiger partial charge in [0.1, 0.15) is 12.1 Å². The van der Waals surface area contributed by atoms with Crippen LogP contribution in [0.25, 0.3) is 0 Å². The Balaban J connectivity index is 3.93. The van der Waals surface area contributed by atoms with E-state index in [1.54, 1.807) is 34.6 Å². The minimum absolute atomic E-state index is 0.00732. The van der Waals surface area contributed by atoms with Crippen LogP contribution >= 0.6 is 11.8 Å². The highest BCUT2D eigenvalue weighted by Gasteiger charge is 2.17. The van der Waals surface area contributed by atoms with Gasteiger partial charge in [-0.3, -0.25) is 9.59 Å². The lowest BCUT2D eigenvalue weighted by Crippen LogP contribution is -2.41. The number of hydrogen-bond acceptors (Lipinski definition) is 5. The predicted molar refractivity (Wildman–Crippen MR) is 74.7 cm³/mol. The summed E-state index contributed by atoms with van der Waals surface area (Å²) in [6, 6.07) is 0. The Labute approximate surface area is 118 Å². The second-order valence-electron chi connectivity index (χ2n) is 4.91. The van der Waals surface area contributed by atoms with Crippen LogP contribution in [0.2, 0.25) is 0 Å². The Morgan fingerprint density at radius 2 is 1.84 bits per heavy atom. The summed E-state index contributed by atoms with van der Waals surface area (Å²) < 4.78 is 4.99. The van der Waals surface area contributed by atoms with Gasteiger partial charge in [0.2, 0.25) is 5.91 Å². The van der Waals surface area contributed by atoms with Crippen LogP contribution in [0.15, 0.2) is 0 Å². The van der Waals surface area contributed by atoms with Crippen molar-refractivity contribution in [3.8, 4) is 0 Å². The molecule has 0 aliphatic carbocycles. The fourth-order valence-corrected chi connectivity index (χ4v) is 1.81. The molecule has 0 aliphatic rings. The third-order valence-electron chi connectivity index (χ3n) is 1.75. The van der Waals surface area contributed by atoms with E-state index >= 15 is 0 Å². The largest absolute Gasteiger partial charge is 0.444 e. The lowest BCUT2D eigenvalue weighted by Gasteiger charge is -2.19. The molecule has 0 saturated carbocycles. The van der Waals surface area contributed by atoms with Gasteiger partial charge in [0.15, 0.2) is 5.12 Å². The molecule has 0 rings (SSSR count). The predicted octanol–water partition coefficient (Wildman–Crippen LogP) is 1.64. The minimum atomic E-state index is -0.646. The van der Waals surface area contributed by atoms with Crippen molar-refractivity contribution in [2.75, 3.05) is 6.54 Å². The van der Waals surface area contributed by atoms with E-state index in [1.165, 1.54) is 0 Å². The first-order valence-electron chi connectivity index (χ1n) is 6.09. The van der Waals surface area contributed by atoms with Gasteiger partial charge in [0, 0.05) is 6.42 Å². The van der Waals surface area contributed by atoms with Gasteiger partial charge in [-0.1, -0.05) is 18.7 Å². The number of alkyl carbamates (subject to hydrolysis) is 1. The standard InChI is InChI=1S/C12H22N2O4S/c1-6-10(16)19-8(2)14-9(15)7-13-11(17)18-12(3,4)5/h8H,6-7H2,1-5H3,(H,13,17)(H,14,15). The summed E-state index contributed by atoms with van der Waals surface area (Å²) in [6.07, 6.45) is -0.228. The molecular formula is C12H22N2O4S. The molecule has 19 heavy (non-hydrogen) atoms. The summed E-state index contributed by atoms with van der Waals surface area (Å²) in [7, 11) is 0. The SMILES string of the molecule is CCC(=O)SC(C)NC(=O)CNC(=O)OC(C)(C)C. The van der Waals surface area contributed by atoms with Gasteiger partial charge < -0.3 is 15.4 Å². The molecule has 110 valence electrons. The number of carbonyl (C=O) groups is 3. The molecule has 1 unspecified atom stereocenters. The van der Waals surface area contributed by atoms with Crippen molar-refractivity contribution in [2.24, 2.45) is 0 Å². The lowest BCUT2D eigenvalue weighted by molar-refractivity contribution is -0.120. The van der Waals surface area contributed by atoms with Gasteiger partial charge >= 0.3 is 6.09 Å². The fourth-order valence-electron chi connectivity index (χ4n) is 1.05. The van der Waals surface area contributed by atoms with E-state index in [0.717, 1.165) is 11.8 Å². The highest BCUT2D eigenvalue weighted by Crippen LogP contribution is 2.10. The van der Waals surface area contributed by atoms with Crippen LogP contribution in [0.5, 0.6) is 0 Å². The van der Waals surface area contributed by atoms with Crippen LogP contribution in [0.4, 0.5) is 4.79 Å². The van der Waals surface area contributed by atoms with Crippen molar-refractivity contribution in [3.63, 3.8) is 0 Å². The monoisotopic (exact) mass is 290 g/mol. The maximum Gasteiger partial charge on any atom is 0.408 e. The van der Waals surface area contributed by atoms with E-state index in [-0.39, 0.29) is 22.9 Å². The molecule has 0 spiro atoms. The van der Waals surface area contributed by atoms with Crippen LogP contribution in [0.1, 0.15) is 41.0 Å².